The number of aryl methyl sites for hydroxylation is 1. The van der Waals surface area contributed by atoms with Gasteiger partial charge in [0.15, 0.2) is 11.6 Å². The fraction of sp³-hybridized carbons (Fsp3) is 0.200. The van der Waals surface area contributed by atoms with E-state index in [2.05, 4.69) is 0 Å². The molecule has 0 aromatic heterocycles. The van der Waals surface area contributed by atoms with E-state index in [-0.39, 0.29) is 17.7 Å². The summed E-state index contributed by atoms with van der Waals surface area (Å²) >= 11 is 0. The van der Waals surface area contributed by atoms with Crippen LogP contribution >= 0.6 is 0 Å². The average molecular weight is 245 g/mol. The summed E-state index contributed by atoms with van der Waals surface area (Å²) in [5, 5.41) is 0. The molecule has 0 spiro atoms. The number of rotatable bonds is 3. The summed E-state index contributed by atoms with van der Waals surface area (Å²) in [6, 6.07) is 12.5. The van der Waals surface area contributed by atoms with E-state index in [4.69, 9.17) is 10.5 Å². The number of hydrogen-bond donors (Lipinski definition) is 1. The first-order chi connectivity index (χ1) is 8.58. The van der Waals surface area contributed by atoms with Gasteiger partial charge in [0.05, 0.1) is 0 Å². The lowest BCUT2D eigenvalue weighted by atomic mass is 10.1. The zero-order valence-electron chi connectivity index (χ0n) is 10.5. The van der Waals surface area contributed by atoms with E-state index in [0.29, 0.717) is 11.3 Å². The molecule has 0 aliphatic heterocycles. The molecule has 2 nitrogen and oxygen atoms in total. The van der Waals surface area contributed by atoms with Gasteiger partial charge in [0, 0.05) is 5.69 Å². The van der Waals surface area contributed by atoms with Crippen LogP contribution in [0.2, 0.25) is 0 Å². The van der Waals surface area contributed by atoms with Gasteiger partial charge in [-0.05, 0) is 43.2 Å². The van der Waals surface area contributed by atoms with Crippen LogP contribution in [0, 0.1) is 12.7 Å². The molecule has 1 unspecified atom stereocenters. The largest absolute Gasteiger partial charge is 0.483 e. The molecule has 2 aromatic carbocycles. The topological polar surface area (TPSA) is 35.2 Å². The molecule has 1 atom stereocenters. The monoisotopic (exact) mass is 245 g/mol. The average Bonchev–Trinajstić information content (AvgIpc) is 2.36. The van der Waals surface area contributed by atoms with Gasteiger partial charge < -0.3 is 10.5 Å². The van der Waals surface area contributed by atoms with E-state index >= 15 is 0 Å². The van der Waals surface area contributed by atoms with Crippen LogP contribution in [-0.2, 0) is 0 Å². The van der Waals surface area contributed by atoms with Gasteiger partial charge in [-0.2, -0.15) is 0 Å². The van der Waals surface area contributed by atoms with Gasteiger partial charge in [-0.3, -0.25) is 0 Å². The molecule has 3 heteroatoms. The molecule has 0 saturated heterocycles. The highest BCUT2D eigenvalue weighted by atomic mass is 19.1. The second-order valence-electron chi connectivity index (χ2n) is 4.31. The predicted molar refractivity (Wildman–Crippen MR) is 71.0 cm³/mol. The Kier molecular flexibility index (Phi) is 3.51. The minimum atomic E-state index is -0.306. The minimum absolute atomic E-state index is 0.220. The first kappa shape index (κ1) is 12.4. The van der Waals surface area contributed by atoms with Crippen molar-refractivity contribution in [2.45, 2.75) is 20.0 Å². The lowest BCUT2D eigenvalue weighted by Crippen LogP contribution is -2.05. The number of hydrogen-bond acceptors (Lipinski definition) is 2. The van der Waals surface area contributed by atoms with Crippen LogP contribution in [0.3, 0.4) is 0 Å². The molecule has 94 valence electrons. The highest BCUT2D eigenvalue weighted by Gasteiger charge is 2.11. The number of benzene rings is 2. The van der Waals surface area contributed by atoms with Crippen LogP contribution < -0.4 is 10.5 Å². The van der Waals surface area contributed by atoms with Crippen LogP contribution in [-0.4, -0.2) is 0 Å². The van der Waals surface area contributed by atoms with Gasteiger partial charge in [-0.15, -0.1) is 0 Å². The van der Waals surface area contributed by atoms with Gasteiger partial charge in [0.25, 0.3) is 0 Å². The first-order valence-electron chi connectivity index (χ1n) is 5.85. The third kappa shape index (κ3) is 2.62. The summed E-state index contributed by atoms with van der Waals surface area (Å²) in [5.74, 6) is -0.0286. The van der Waals surface area contributed by atoms with E-state index < -0.39 is 0 Å². The highest BCUT2D eigenvalue weighted by molar-refractivity contribution is 5.40. The van der Waals surface area contributed by atoms with Crippen molar-refractivity contribution >= 4 is 5.69 Å². The number of nitrogen functional groups attached to an aromatic ring is 1. The Labute approximate surface area is 106 Å². The standard InChI is InChI=1S/C15H16FNO/c1-10-4-3-5-14(15(10)16)18-11(2)12-6-8-13(17)9-7-12/h3-9,11H,17H2,1-2H3. The fourth-order valence-electron chi connectivity index (χ4n) is 1.74. The maximum absolute atomic E-state index is 13.8. The quantitative estimate of drug-likeness (QED) is 0.833. The molecule has 18 heavy (non-hydrogen) atoms. The Balaban J connectivity index is 2.18. The van der Waals surface area contributed by atoms with Crippen LogP contribution in [0.25, 0.3) is 0 Å². The van der Waals surface area contributed by atoms with E-state index in [1.165, 1.54) is 0 Å². The Bertz CT molecular complexity index is 537. The summed E-state index contributed by atoms with van der Waals surface area (Å²) in [5.41, 5.74) is 7.87. The van der Waals surface area contributed by atoms with Crippen molar-refractivity contribution in [1.82, 2.24) is 0 Å². The van der Waals surface area contributed by atoms with E-state index in [0.717, 1.165) is 5.56 Å². The third-order valence-corrected chi connectivity index (χ3v) is 2.87. The van der Waals surface area contributed by atoms with Crippen LogP contribution in [0.1, 0.15) is 24.2 Å². The Morgan fingerprint density at radius 2 is 1.78 bits per heavy atom. The van der Waals surface area contributed by atoms with Crippen molar-refractivity contribution in [2.24, 2.45) is 0 Å². The van der Waals surface area contributed by atoms with Crippen molar-refractivity contribution in [1.29, 1.82) is 0 Å². The van der Waals surface area contributed by atoms with Crippen LogP contribution in [0.15, 0.2) is 42.5 Å². The van der Waals surface area contributed by atoms with E-state index in [1.54, 1.807) is 25.1 Å². The lowest BCUT2D eigenvalue weighted by molar-refractivity contribution is 0.216. The van der Waals surface area contributed by atoms with Crippen molar-refractivity contribution in [3.63, 3.8) is 0 Å². The van der Waals surface area contributed by atoms with E-state index in [9.17, 15) is 4.39 Å². The zero-order valence-corrected chi connectivity index (χ0v) is 10.5. The second kappa shape index (κ2) is 5.08. The van der Waals surface area contributed by atoms with Gasteiger partial charge in [0.1, 0.15) is 6.10 Å². The third-order valence-electron chi connectivity index (χ3n) is 2.87. The Hall–Kier alpha value is -2.03. The molecule has 0 aliphatic carbocycles. The number of halogens is 1. The normalized spacial score (nSPS) is 12.2. The molecule has 2 aromatic rings. The Morgan fingerprint density at radius 3 is 2.44 bits per heavy atom. The van der Waals surface area contributed by atoms with Gasteiger partial charge in [0.2, 0.25) is 0 Å². The number of ether oxygens (including phenoxy) is 1. The lowest BCUT2D eigenvalue weighted by Gasteiger charge is -2.16. The number of anilines is 1. The van der Waals surface area contributed by atoms with Crippen molar-refractivity contribution in [2.75, 3.05) is 5.73 Å². The predicted octanol–water partition coefficient (Wildman–Crippen LogP) is 3.86. The maximum Gasteiger partial charge on any atom is 0.167 e. The summed E-state index contributed by atoms with van der Waals surface area (Å²) in [7, 11) is 0. The van der Waals surface area contributed by atoms with Crippen molar-refractivity contribution in [3.05, 3.63) is 59.4 Å². The summed E-state index contributed by atoms with van der Waals surface area (Å²) in [6.07, 6.45) is -0.220. The van der Waals surface area contributed by atoms with Gasteiger partial charge in [-0.25, -0.2) is 4.39 Å². The SMILES string of the molecule is Cc1cccc(OC(C)c2ccc(N)cc2)c1F. The Morgan fingerprint density at radius 1 is 1.11 bits per heavy atom. The molecule has 0 fully saturated rings. The van der Waals surface area contributed by atoms with Crippen molar-refractivity contribution < 1.29 is 9.13 Å². The summed E-state index contributed by atoms with van der Waals surface area (Å²) in [4.78, 5) is 0. The van der Waals surface area contributed by atoms with Crippen LogP contribution in [0.4, 0.5) is 10.1 Å². The maximum atomic E-state index is 13.8. The molecule has 0 bridgehead atoms. The molecule has 0 amide bonds. The molecule has 0 aliphatic rings. The molecule has 0 saturated carbocycles. The minimum Gasteiger partial charge on any atom is -0.483 e. The smallest absolute Gasteiger partial charge is 0.167 e. The molecule has 2 N–H and O–H groups in total. The number of nitrogens with two attached hydrogens (primary N) is 1. The molecule has 0 heterocycles. The van der Waals surface area contributed by atoms with Crippen molar-refractivity contribution in [3.8, 4) is 5.75 Å². The zero-order chi connectivity index (χ0) is 13.1. The van der Waals surface area contributed by atoms with Crippen LogP contribution in [0.5, 0.6) is 5.75 Å². The fourth-order valence-corrected chi connectivity index (χ4v) is 1.74. The van der Waals surface area contributed by atoms with Gasteiger partial charge in [-0.1, -0.05) is 24.3 Å². The molecular weight excluding hydrogens is 229 g/mol. The highest BCUT2D eigenvalue weighted by Crippen LogP contribution is 2.26. The summed E-state index contributed by atoms with van der Waals surface area (Å²) < 4.78 is 19.4. The summed E-state index contributed by atoms with van der Waals surface area (Å²) in [6.45, 7) is 3.60. The molecular formula is C15H16FNO. The second-order valence-corrected chi connectivity index (χ2v) is 4.31. The van der Waals surface area contributed by atoms with Gasteiger partial charge >= 0.3 is 0 Å². The molecule has 0 radical (unpaired) electrons. The van der Waals surface area contributed by atoms with E-state index in [1.807, 2.05) is 31.2 Å². The first-order valence-corrected chi connectivity index (χ1v) is 5.85. The molecule has 2 rings (SSSR count).